The Morgan fingerprint density at radius 3 is 2.23 bits per heavy atom. The Bertz CT molecular complexity index is 941. The number of carbonyl (C=O) groups is 3. The molecular weight excluding hydrogens is 422 g/mol. The average molecular weight is 445 g/mol. The first kappa shape index (κ1) is 24.0. The van der Waals surface area contributed by atoms with E-state index in [0.29, 0.717) is 17.7 Å². The van der Waals surface area contributed by atoms with Gasteiger partial charge in [0.15, 0.2) is 0 Å². The van der Waals surface area contributed by atoms with Crippen molar-refractivity contribution in [2.45, 2.75) is 18.0 Å². The maximum absolute atomic E-state index is 10.9. The van der Waals surface area contributed by atoms with Gasteiger partial charge in [0.1, 0.15) is 5.75 Å². The van der Waals surface area contributed by atoms with Crippen molar-refractivity contribution < 1.29 is 34.4 Å². The second-order valence-corrected chi connectivity index (χ2v) is 7.68. The van der Waals surface area contributed by atoms with E-state index < -0.39 is 17.9 Å². The highest BCUT2D eigenvalue weighted by molar-refractivity contribution is 7.99. The fourth-order valence-electron chi connectivity index (χ4n) is 2.84. The highest BCUT2D eigenvalue weighted by Gasteiger charge is 2.16. The smallest absolute Gasteiger partial charge is 0.335 e. The molecule has 1 aliphatic heterocycles. The first-order chi connectivity index (χ1) is 14.8. The Hall–Kier alpha value is -3.30. The van der Waals surface area contributed by atoms with Crippen molar-refractivity contribution in [1.82, 2.24) is 4.90 Å². The minimum absolute atomic E-state index is 0.329. The zero-order chi connectivity index (χ0) is 22.8. The summed E-state index contributed by atoms with van der Waals surface area (Å²) in [5.74, 6) is -1.47. The topological polar surface area (TPSA) is 124 Å². The molecule has 0 radical (unpaired) electrons. The lowest BCUT2D eigenvalue weighted by Gasteiger charge is -2.20. The number of ether oxygens (including phenoxy) is 1. The van der Waals surface area contributed by atoms with Crippen LogP contribution in [0.2, 0.25) is 0 Å². The molecule has 31 heavy (non-hydrogen) atoms. The molecule has 0 unspecified atom stereocenters. The maximum atomic E-state index is 10.9. The number of carboxylic acid groups (broad SMARTS) is 3. The minimum Gasteiger partial charge on any atom is -0.497 e. The summed E-state index contributed by atoms with van der Waals surface area (Å²) < 4.78 is 5.33. The zero-order valence-corrected chi connectivity index (χ0v) is 17.7. The zero-order valence-electron chi connectivity index (χ0n) is 16.9. The molecule has 1 heterocycles. The number of aliphatic carboxylic acids is 2. The van der Waals surface area contributed by atoms with Gasteiger partial charge in [-0.3, -0.25) is 4.90 Å². The van der Waals surface area contributed by atoms with Gasteiger partial charge in [-0.05, 0) is 41.5 Å². The van der Waals surface area contributed by atoms with E-state index in [4.69, 9.17) is 20.1 Å². The van der Waals surface area contributed by atoms with Gasteiger partial charge >= 0.3 is 17.9 Å². The molecule has 164 valence electrons. The van der Waals surface area contributed by atoms with Crippen molar-refractivity contribution >= 4 is 29.7 Å². The van der Waals surface area contributed by atoms with Crippen LogP contribution in [0, 0.1) is 0 Å². The van der Waals surface area contributed by atoms with Crippen LogP contribution in [-0.4, -0.2) is 57.5 Å². The molecule has 0 amide bonds. The first-order valence-electron chi connectivity index (χ1n) is 9.26. The molecule has 0 aliphatic carbocycles. The van der Waals surface area contributed by atoms with E-state index in [0.717, 1.165) is 36.7 Å². The highest BCUT2D eigenvalue weighted by Crippen LogP contribution is 2.30. The van der Waals surface area contributed by atoms with Crippen LogP contribution in [0.5, 0.6) is 5.75 Å². The maximum Gasteiger partial charge on any atom is 0.335 e. The summed E-state index contributed by atoms with van der Waals surface area (Å²) in [7, 11) is 1.69. The Balaban J connectivity index is 0.000000366. The highest BCUT2D eigenvalue weighted by atomic mass is 32.2. The molecular formula is C22H23NO7S. The lowest BCUT2D eigenvalue weighted by atomic mass is 10.1. The molecule has 0 spiro atoms. The Morgan fingerprint density at radius 2 is 1.68 bits per heavy atom. The van der Waals surface area contributed by atoms with Crippen LogP contribution in [0.4, 0.5) is 0 Å². The number of carboxylic acids is 3. The van der Waals surface area contributed by atoms with Gasteiger partial charge in [0, 0.05) is 42.4 Å². The van der Waals surface area contributed by atoms with Crippen molar-refractivity contribution in [2.24, 2.45) is 0 Å². The minimum atomic E-state index is -1.26. The van der Waals surface area contributed by atoms with Crippen LogP contribution >= 0.6 is 11.8 Å². The van der Waals surface area contributed by atoms with Gasteiger partial charge in [-0.25, -0.2) is 14.4 Å². The lowest BCUT2D eigenvalue weighted by Crippen LogP contribution is -2.24. The van der Waals surface area contributed by atoms with Gasteiger partial charge in [0.05, 0.1) is 12.7 Å². The van der Waals surface area contributed by atoms with Crippen molar-refractivity contribution in [3.05, 3.63) is 71.3 Å². The summed E-state index contributed by atoms with van der Waals surface area (Å²) in [6.07, 6.45) is 1.12. The predicted molar refractivity (Wildman–Crippen MR) is 116 cm³/mol. The van der Waals surface area contributed by atoms with Crippen molar-refractivity contribution in [1.29, 1.82) is 0 Å². The van der Waals surface area contributed by atoms with E-state index in [1.165, 1.54) is 10.5 Å². The molecule has 0 saturated carbocycles. The molecule has 8 nitrogen and oxygen atoms in total. The van der Waals surface area contributed by atoms with Crippen LogP contribution in [0.25, 0.3) is 0 Å². The number of methoxy groups -OCH3 is 1. The monoisotopic (exact) mass is 445 g/mol. The number of benzene rings is 2. The number of hydrogen-bond donors (Lipinski definition) is 3. The fourth-order valence-corrected chi connectivity index (χ4v) is 3.88. The van der Waals surface area contributed by atoms with E-state index in [1.54, 1.807) is 19.2 Å². The number of nitrogens with zero attached hydrogens (tertiary/aromatic N) is 1. The number of hydrogen-bond acceptors (Lipinski definition) is 6. The van der Waals surface area contributed by atoms with Crippen LogP contribution in [0.1, 0.15) is 21.5 Å². The molecule has 3 N–H and O–H groups in total. The van der Waals surface area contributed by atoms with Gasteiger partial charge in [-0.2, -0.15) is 0 Å². The number of thioether (sulfide) groups is 1. The van der Waals surface area contributed by atoms with Crippen molar-refractivity contribution in [2.75, 3.05) is 19.4 Å². The molecule has 2 aromatic carbocycles. The molecule has 0 aromatic heterocycles. The number of rotatable bonds is 6. The Labute approximate surface area is 183 Å². The van der Waals surface area contributed by atoms with E-state index in [1.807, 2.05) is 30.0 Å². The van der Waals surface area contributed by atoms with E-state index in [9.17, 15) is 14.4 Å². The molecule has 0 atom stereocenters. The molecule has 0 bridgehead atoms. The Morgan fingerprint density at radius 1 is 1.03 bits per heavy atom. The third kappa shape index (κ3) is 8.15. The summed E-state index contributed by atoms with van der Waals surface area (Å²) in [5, 5.41) is 24.6. The standard InChI is InChI=1S/C18H19NO3S.C4H4O4/c1-22-16-6-7-17-15(10-16)12-19(8-9-23-17)11-13-2-4-14(5-3-13)18(20)21;5-3(6)1-2-4(7)8/h2-7,10H,8-9,11-12H2,1H3,(H,20,21);1-2H,(H,5,6)(H,7,8)/b;2-1+. The van der Waals surface area contributed by atoms with Crippen LogP contribution in [0.3, 0.4) is 0 Å². The molecule has 2 aromatic rings. The summed E-state index contributed by atoms with van der Waals surface area (Å²) in [6, 6.07) is 13.4. The SMILES string of the molecule is COc1ccc2c(c1)CN(Cc1ccc(C(=O)O)cc1)CCS2.O=C(O)/C=C/C(=O)O. The Kier molecular flexibility index (Phi) is 9.11. The summed E-state index contributed by atoms with van der Waals surface area (Å²) in [4.78, 5) is 33.7. The summed E-state index contributed by atoms with van der Waals surface area (Å²) in [6.45, 7) is 2.69. The fraction of sp³-hybridized carbons (Fsp3) is 0.227. The van der Waals surface area contributed by atoms with Gasteiger partial charge in [-0.1, -0.05) is 12.1 Å². The van der Waals surface area contributed by atoms with Gasteiger partial charge < -0.3 is 20.1 Å². The quantitative estimate of drug-likeness (QED) is 0.575. The van der Waals surface area contributed by atoms with E-state index in [2.05, 4.69) is 17.0 Å². The largest absolute Gasteiger partial charge is 0.497 e. The normalized spacial score (nSPS) is 13.5. The molecule has 0 saturated heterocycles. The molecule has 9 heteroatoms. The third-order valence-electron chi connectivity index (χ3n) is 4.30. The summed E-state index contributed by atoms with van der Waals surface area (Å²) in [5.41, 5.74) is 2.75. The predicted octanol–water partition coefficient (Wildman–Crippen LogP) is 3.21. The third-order valence-corrected chi connectivity index (χ3v) is 5.40. The lowest BCUT2D eigenvalue weighted by molar-refractivity contribution is -0.134. The summed E-state index contributed by atoms with van der Waals surface area (Å²) >= 11 is 1.87. The van der Waals surface area contributed by atoms with Crippen molar-refractivity contribution in [3.63, 3.8) is 0 Å². The second kappa shape index (κ2) is 11.8. The van der Waals surface area contributed by atoms with E-state index >= 15 is 0 Å². The molecule has 1 aliphatic rings. The van der Waals surface area contributed by atoms with E-state index in [-0.39, 0.29) is 0 Å². The van der Waals surface area contributed by atoms with Gasteiger partial charge in [-0.15, -0.1) is 11.8 Å². The van der Waals surface area contributed by atoms with Crippen LogP contribution in [-0.2, 0) is 22.7 Å². The first-order valence-corrected chi connectivity index (χ1v) is 10.2. The number of fused-ring (bicyclic) bond motifs is 1. The number of aromatic carboxylic acids is 1. The average Bonchev–Trinajstić information content (AvgIpc) is 2.94. The van der Waals surface area contributed by atoms with Gasteiger partial charge in [0.2, 0.25) is 0 Å². The molecule has 3 rings (SSSR count). The van der Waals surface area contributed by atoms with Crippen LogP contribution in [0.15, 0.2) is 59.5 Å². The van der Waals surface area contributed by atoms with Crippen LogP contribution < -0.4 is 4.74 Å². The van der Waals surface area contributed by atoms with Gasteiger partial charge in [0.25, 0.3) is 0 Å². The second-order valence-electron chi connectivity index (χ2n) is 6.54. The molecule has 0 fully saturated rings. The van der Waals surface area contributed by atoms with Crippen molar-refractivity contribution in [3.8, 4) is 5.75 Å².